The van der Waals surface area contributed by atoms with Gasteiger partial charge in [0.05, 0.1) is 46.2 Å². The van der Waals surface area contributed by atoms with E-state index in [4.69, 9.17) is 28.4 Å². The molecule has 0 saturated carbocycles. The number of aromatic hydroxyl groups is 2. The number of hydrogen-bond donors (Lipinski definition) is 2. The van der Waals surface area contributed by atoms with Crippen LogP contribution in [0.2, 0.25) is 0 Å². The van der Waals surface area contributed by atoms with Gasteiger partial charge in [-0.15, -0.1) is 0 Å². The molecule has 2 N–H and O–H groups in total. The van der Waals surface area contributed by atoms with Crippen LogP contribution in [0.3, 0.4) is 0 Å². The summed E-state index contributed by atoms with van der Waals surface area (Å²) in [5, 5.41) is 20.7. The van der Waals surface area contributed by atoms with Crippen molar-refractivity contribution in [2.75, 3.05) is 60.0 Å². The van der Waals surface area contributed by atoms with Crippen molar-refractivity contribution in [3.05, 3.63) is 35.7 Å². The van der Waals surface area contributed by atoms with Crippen LogP contribution in [-0.2, 0) is 23.7 Å². The third kappa shape index (κ3) is 7.11. The number of nitrogens with zero attached hydrogens (tertiary/aromatic N) is 1. The first-order valence-electron chi connectivity index (χ1n) is 10.8. The van der Waals surface area contributed by atoms with Gasteiger partial charge in [0.15, 0.2) is 22.9 Å². The van der Waals surface area contributed by atoms with Gasteiger partial charge >= 0.3 is 11.9 Å². The Morgan fingerprint density at radius 2 is 1.24 bits per heavy atom. The lowest BCUT2D eigenvalue weighted by Crippen LogP contribution is -2.17. The van der Waals surface area contributed by atoms with Gasteiger partial charge in [0.2, 0.25) is 0 Å². The minimum atomic E-state index is -0.908. The SMILES string of the molecule is CCOC(=O)c1c(O)c(O)c(C(=O)OCC)n1-c1ccc(OCCOCCOCCOC)cc1. The van der Waals surface area contributed by atoms with Crippen molar-refractivity contribution in [1.29, 1.82) is 0 Å². The molecule has 0 amide bonds. The van der Waals surface area contributed by atoms with Gasteiger partial charge in [-0.2, -0.15) is 0 Å². The molecule has 1 aromatic carbocycles. The fourth-order valence-corrected chi connectivity index (χ4v) is 2.96. The van der Waals surface area contributed by atoms with Crippen molar-refractivity contribution in [1.82, 2.24) is 4.57 Å². The third-order valence-corrected chi connectivity index (χ3v) is 4.45. The molecule has 0 radical (unpaired) electrons. The highest BCUT2D eigenvalue weighted by Crippen LogP contribution is 2.39. The molecule has 1 aromatic heterocycles. The Kier molecular flexibility index (Phi) is 11.2. The van der Waals surface area contributed by atoms with Crippen LogP contribution in [0.4, 0.5) is 0 Å². The molecule has 188 valence electrons. The lowest BCUT2D eigenvalue weighted by Gasteiger charge is -2.13. The molecular weight excluding hydrogens is 450 g/mol. The fourth-order valence-electron chi connectivity index (χ4n) is 2.96. The molecule has 0 bridgehead atoms. The topological polar surface area (TPSA) is 135 Å². The molecule has 0 aliphatic heterocycles. The van der Waals surface area contributed by atoms with Crippen molar-refractivity contribution in [3.63, 3.8) is 0 Å². The van der Waals surface area contributed by atoms with E-state index in [1.165, 1.54) is 0 Å². The Bertz CT molecular complexity index is 881. The molecule has 11 nitrogen and oxygen atoms in total. The van der Waals surface area contributed by atoms with E-state index in [2.05, 4.69) is 0 Å². The Labute approximate surface area is 197 Å². The van der Waals surface area contributed by atoms with Crippen LogP contribution in [0.1, 0.15) is 34.8 Å². The Morgan fingerprint density at radius 1 is 0.765 bits per heavy atom. The summed E-state index contributed by atoms with van der Waals surface area (Å²) in [5.74, 6) is -2.85. The van der Waals surface area contributed by atoms with E-state index < -0.39 is 34.8 Å². The van der Waals surface area contributed by atoms with Crippen LogP contribution in [0.25, 0.3) is 5.69 Å². The van der Waals surface area contributed by atoms with Crippen LogP contribution >= 0.6 is 0 Å². The van der Waals surface area contributed by atoms with Gasteiger partial charge in [0.1, 0.15) is 12.4 Å². The lowest BCUT2D eigenvalue weighted by atomic mass is 10.2. The number of carbonyl (C=O) groups is 2. The smallest absolute Gasteiger partial charge is 0.359 e. The average molecular weight is 481 g/mol. The summed E-state index contributed by atoms with van der Waals surface area (Å²) in [6.07, 6.45) is 0. The molecule has 0 unspecified atom stereocenters. The zero-order valence-electron chi connectivity index (χ0n) is 19.6. The van der Waals surface area contributed by atoms with E-state index in [-0.39, 0.29) is 13.2 Å². The highest BCUT2D eigenvalue weighted by molar-refractivity contribution is 6.00. The van der Waals surface area contributed by atoms with E-state index in [1.54, 1.807) is 45.2 Å². The first-order chi connectivity index (χ1) is 16.5. The third-order valence-electron chi connectivity index (χ3n) is 4.45. The predicted molar refractivity (Wildman–Crippen MR) is 120 cm³/mol. The van der Waals surface area contributed by atoms with Crippen molar-refractivity contribution in [3.8, 4) is 22.9 Å². The minimum Gasteiger partial charge on any atom is -0.503 e. The van der Waals surface area contributed by atoms with Crippen molar-refractivity contribution in [2.45, 2.75) is 13.8 Å². The molecule has 34 heavy (non-hydrogen) atoms. The summed E-state index contributed by atoms with van der Waals surface area (Å²) >= 11 is 0. The molecule has 2 rings (SSSR count). The molecule has 0 aliphatic rings. The van der Waals surface area contributed by atoms with Crippen LogP contribution in [0, 0.1) is 0 Å². The number of esters is 2. The predicted octanol–water partition coefficient (Wildman–Crippen LogP) is 2.30. The van der Waals surface area contributed by atoms with Gasteiger partial charge in [-0.25, -0.2) is 9.59 Å². The number of aromatic nitrogens is 1. The van der Waals surface area contributed by atoms with Crippen LogP contribution in [0.15, 0.2) is 24.3 Å². The number of benzene rings is 1. The van der Waals surface area contributed by atoms with Gasteiger partial charge in [-0.1, -0.05) is 0 Å². The summed E-state index contributed by atoms with van der Waals surface area (Å²) in [6.45, 7) is 5.84. The normalized spacial score (nSPS) is 10.8. The Balaban J connectivity index is 2.11. The highest BCUT2D eigenvalue weighted by Gasteiger charge is 2.33. The lowest BCUT2D eigenvalue weighted by molar-refractivity contribution is 0.0180. The standard InChI is InChI=1S/C23H31NO10/c1-4-32-22(27)18-20(25)21(26)19(23(28)33-5-2)24(18)16-6-8-17(9-7-16)34-15-14-31-13-12-30-11-10-29-3/h6-9,25-26H,4-5,10-15H2,1-3H3. The van der Waals surface area contributed by atoms with E-state index in [9.17, 15) is 19.8 Å². The zero-order chi connectivity index (χ0) is 24.9. The van der Waals surface area contributed by atoms with Crippen molar-refractivity contribution < 1.29 is 48.2 Å². The average Bonchev–Trinajstić information content (AvgIpc) is 3.09. The molecule has 0 fully saturated rings. The largest absolute Gasteiger partial charge is 0.503 e. The van der Waals surface area contributed by atoms with E-state index >= 15 is 0 Å². The van der Waals surface area contributed by atoms with Gasteiger partial charge in [0.25, 0.3) is 0 Å². The van der Waals surface area contributed by atoms with Crippen molar-refractivity contribution >= 4 is 11.9 Å². The van der Waals surface area contributed by atoms with Gasteiger partial charge in [-0.3, -0.25) is 4.57 Å². The summed E-state index contributed by atoms with van der Waals surface area (Å²) < 4.78 is 32.3. The molecule has 11 heteroatoms. The second kappa shape index (κ2) is 14.1. The second-order valence-corrected chi connectivity index (χ2v) is 6.73. The summed E-state index contributed by atoms with van der Waals surface area (Å²) in [4.78, 5) is 24.9. The van der Waals surface area contributed by atoms with Crippen molar-refractivity contribution in [2.24, 2.45) is 0 Å². The van der Waals surface area contributed by atoms with E-state index in [0.29, 0.717) is 51.1 Å². The highest BCUT2D eigenvalue weighted by atomic mass is 16.6. The van der Waals surface area contributed by atoms with Gasteiger partial charge in [-0.05, 0) is 38.1 Å². The van der Waals surface area contributed by atoms with Crippen LogP contribution in [0.5, 0.6) is 17.2 Å². The fraction of sp³-hybridized carbons (Fsp3) is 0.478. The number of carbonyl (C=O) groups excluding carboxylic acids is 2. The summed E-state index contributed by atoms with van der Waals surface area (Å²) in [7, 11) is 1.61. The molecule has 1 heterocycles. The maximum absolute atomic E-state index is 12.5. The minimum absolute atomic E-state index is 0.0348. The molecule has 0 atom stereocenters. The van der Waals surface area contributed by atoms with Gasteiger partial charge in [0, 0.05) is 12.8 Å². The molecule has 2 aromatic rings. The maximum atomic E-state index is 12.5. The molecule has 0 aliphatic carbocycles. The first-order valence-corrected chi connectivity index (χ1v) is 10.8. The molecule has 0 spiro atoms. The summed E-state index contributed by atoms with van der Waals surface area (Å²) in [6, 6.07) is 6.34. The second-order valence-electron chi connectivity index (χ2n) is 6.73. The molecule has 0 saturated heterocycles. The number of ether oxygens (including phenoxy) is 6. The number of methoxy groups -OCH3 is 1. The van der Waals surface area contributed by atoms with Crippen LogP contribution in [-0.4, -0.2) is 86.7 Å². The quantitative estimate of drug-likeness (QED) is 0.288. The van der Waals surface area contributed by atoms with E-state index in [0.717, 1.165) is 4.57 Å². The van der Waals surface area contributed by atoms with E-state index in [1.807, 2.05) is 0 Å². The first kappa shape index (κ1) is 27.0. The van der Waals surface area contributed by atoms with Gasteiger partial charge < -0.3 is 38.6 Å². The van der Waals surface area contributed by atoms with Crippen LogP contribution < -0.4 is 4.74 Å². The maximum Gasteiger partial charge on any atom is 0.359 e. The Morgan fingerprint density at radius 3 is 1.71 bits per heavy atom. The zero-order valence-corrected chi connectivity index (χ0v) is 19.6. The molecular formula is C23H31NO10. The number of rotatable bonds is 15. The monoisotopic (exact) mass is 481 g/mol. The number of hydrogen-bond acceptors (Lipinski definition) is 10. The Hall–Kier alpha value is -3.28. The summed E-state index contributed by atoms with van der Waals surface area (Å²) in [5.41, 5.74) is -0.479.